The van der Waals surface area contributed by atoms with E-state index in [0.717, 1.165) is 37.9 Å². The van der Waals surface area contributed by atoms with Gasteiger partial charge in [0.2, 0.25) is 0 Å². The second-order valence-corrected chi connectivity index (χ2v) is 8.09. The van der Waals surface area contributed by atoms with Gasteiger partial charge in [-0.25, -0.2) is 4.39 Å². The summed E-state index contributed by atoms with van der Waals surface area (Å²) in [6.45, 7) is 1.43. The second kappa shape index (κ2) is 7.14. The van der Waals surface area contributed by atoms with Crippen molar-refractivity contribution in [3.05, 3.63) is 76.7 Å². The molecule has 0 N–H and O–H groups in total. The molecular formula is C24H24FN3O. The monoisotopic (exact) mass is 389 g/mol. The third kappa shape index (κ3) is 3.15. The summed E-state index contributed by atoms with van der Waals surface area (Å²) in [6, 6.07) is 14.4. The number of piperidine rings is 1. The molecule has 1 amide bonds. The Morgan fingerprint density at radius 3 is 2.72 bits per heavy atom. The quantitative estimate of drug-likeness (QED) is 0.654. The first-order valence-corrected chi connectivity index (χ1v) is 10.3. The molecule has 1 aliphatic heterocycles. The number of likely N-dealkylation sites (tertiary alicyclic amines) is 1. The fourth-order valence-electron chi connectivity index (χ4n) is 4.94. The van der Waals surface area contributed by atoms with E-state index in [9.17, 15) is 9.18 Å². The van der Waals surface area contributed by atoms with E-state index in [4.69, 9.17) is 5.10 Å². The van der Waals surface area contributed by atoms with Crippen molar-refractivity contribution in [2.45, 2.75) is 31.6 Å². The molecule has 2 aromatic carbocycles. The highest BCUT2D eigenvalue weighted by atomic mass is 19.1. The van der Waals surface area contributed by atoms with Gasteiger partial charge < -0.3 is 4.90 Å². The third-order valence-corrected chi connectivity index (χ3v) is 6.30. The van der Waals surface area contributed by atoms with Crippen LogP contribution in [-0.2, 0) is 19.9 Å². The number of carbonyl (C=O) groups excluding carboxylic acids is 1. The molecule has 5 heteroatoms. The molecule has 1 aromatic heterocycles. The van der Waals surface area contributed by atoms with E-state index in [1.54, 1.807) is 12.1 Å². The minimum absolute atomic E-state index is 0.0175. The summed E-state index contributed by atoms with van der Waals surface area (Å²) < 4.78 is 15.2. The van der Waals surface area contributed by atoms with E-state index in [0.29, 0.717) is 12.1 Å². The number of benzene rings is 2. The average Bonchev–Trinajstić information content (AvgIpc) is 3.10. The van der Waals surface area contributed by atoms with Crippen LogP contribution in [0.15, 0.2) is 48.5 Å². The van der Waals surface area contributed by atoms with Crippen molar-refractivity contribution >= 4 is 5.91 Å². The molecule has 5 rings (SSSR count). The Kier molecular flexibility index (Phi) is 4.46. The van der Waals surface area contributed by atoms with Gasteiger partial charge in [-0.2, -0.15) is 5.10 Å². The summed E-state index contributed by atoms with van der Waals surface area (Å²) in [6.07, 6.45) is 4.06. The maximum Gasteiger partial charge on any atom is 0.253 e. The molecule has 2 aliphatic rings. The van der Waals surface area contributed by atoms with Crippen LogP contribution in [0.1, 0.15) is 45.9 Å². The zero-order valence-corrected chi connectivity index (χ0v) is 16.6. The molecule has 2 heterocycles. The van der Waals surface area contributed by atoms with Crippen LogP contribution in [0.25, 0.3) is 11.3 Å². The first-order valence-electron chi connectivity index (χ1n) is 10.3. The number of fused-ring (bicyclic) bond motifs is 3. The maximum absolute atomic E-state index is 13.2. The Morgan fingerprint density at radius 1 is 1.10 bits per heavy atom. The van der Waals surface area contributed by atoms with Gasteiger partial charge in [0.1, 0.15) is 5.82 Å². The smallest absolute Gasteiger partial charge is 0.253 e. The summed E-state index contributed by atoms with van der Waals surface area (Å²) in [5, 5.41) is 4.88. The number of aromatic nitrogens is 2. The van der Waals surface area contributed by atoms with Gasteiger partial charge in [-0.05, 0) is 55.5 Å². The Hall–Kier alpha value is -2.95. The lowest BCUT2D eigenvalue weighted by molar-refractivity contribution is 0.0704. The molecule has 1 fully saturated rings. The highest BCUT2D eigenvalue weighted by molar-refractivity contribution is 5.94. The van der Waals surface area contributed by atoms with Gasteiger partial charge in [0.25, 0.3) is 5.91 Å². The predicted octanol–water partition coefficient (Wildman–Crippen LogP) is 4.34. The van der Waals surface area contributed by atoms with E-state index >= 15 is 0 Å². The topological polar surface area (TPSA) is 38.1 Å². The lowest BCUT2D eigenvalue weighted by atomic mass is 9.84. The van der Waals surface area contributed by atoms with Crippen molar-refractivity contribution < 1.29 is 9.18 Å². The molecule has 1 atom stereocenters. The van der Waals surface area contributed by atoms with E-state index < -0.39 is 0 Å². The van der Waals surface area contributed by atoms with Crippen molar-refractivity contribution in [2.24, 2.45) is 7.05 Å². The van der Waals surface area contributed by atoms with E-state index in [2.05, 4.69) is 24.3 Å². The molecule has 1 unspecified atom stereocenters. The first kappa shape index (κ1) is 18.1. The van der Waals surface area contributed by atoms with E-state index in [-0.39, 0.29) is 17.6 Å². The number of amides is 1. The van der Waals surface area contributed by atoms with Gasteiger partial charge in [-0.3, -0.25) is 9.48 Å². The Balaban J connectivity index is 1.44. The molecule has 29 heavy (non-hydrogen) atoms. The maximum atomic E-state index is 13.2. The largest absolute Gasteiger partial charge is 0.338 e. The predicted molar refractivity (Wildman–Crippen MR) is 110 cm³/mol. The molecular weight excluding hydrogens is 365 g/mol. The van der Waals surface area contributed by atoms with Crippen LogP contribution in [-0.4, -0.2) is 33.7 Å². The van der Waals surface area contributed by atoms with Crippen LogP contribution >= 0.6 is 0 Å². The van der Waals surface area contributed by atoms with Crippen LogP contribution in [0, 0.1) is 5.82 Å². The molecule has 4 nitrogen and oxygen atoms in total. The van der Waals surface area contributed by atoms with Crippen LogP contribution < -0.4 is 0 Å². The fraction of sp³-hybridized carbons (Fsp3) is 0.333. The SMILES string of the molecule is Cn1nc2c(c1C1CCCN(C(=O)c3ccc(F)cc3)C1)CCc1ccccc1-2. The van der Waals surface area contributed by atoms with Crippen molar-refractivity contribution in [3.8, 4) is 11.3 Å². The highest BCUT2D eigenvalue weighted by Gasteiger charge is 2.32. The van der Waals surface area contributed by atoms with Crippen molar-refractivity contribution in [2.75, 3.05) is 13.1 Å². The number of hydrogen-bond acceptors (Lipinski definition) is 2. The van der Waals surface area contributed by atoms with Gasteiger partial charge in [0.15, 0.2) is 0 Å². The normalized spacial score (nSPS) is 18.3. The fourth-order valence-corrected chi connectivity index (χ4v) is 4.94. The lowest BCUT2D eigenvalue weighted by Crippen LogP contribution is -2.39. The summed E-state index contributed by atoms with van der Waals surface area (Å²) >= 11 is 0. The third-order valence-electron chi connectivity index (χ3n) is 6.30. The van der Waals surface area contributed by atoms with E-state index in [1.807, 2.05) is 16.6 Å². The Morgan fingerprint density at radius 2 is 1.90 bits per heavy atom. The molecule has 0 saturated carbocycles. The summed E-state index contributed by atoms with van der Waals surface area (Å²) in [7, 11) is 2.02. The lowest BCUT2D eigenvalue weighted by Gasteiger charge is -2.33. The number of hydrogen-bond donors (Lipinski definition) is 0. The van der Waals surface area contributed by atoms with Gasteiger partial charge in [-0.15, -0.1) is 0 Å². The van der Waals surface area contributed by atoms with Crippen molar-refractivity contribution in [3.63, 3.8) is 0 Å². The number of rotatable bonds is 2. The molecule has 0 radical (unpaired) electrons. The van der Waals surface area contributed by atoms with Crippen LogP contribution in [0.4, 0.5) is 4.39 Å². The number of halogens is 1. The first-order chi connectivity index (χ1) is 14.1. The molecule has 1 aliphatic carbocycles. The van der Waals surface area contributed by atoms with Gasteiger partial charge >= 0.3 is 0 Å². The Labute approximate surface area is 170 Å². The number of nitrogens with zero attached hydrogens (tertiary/aromatic N) is 3. The molecule has 0 bridgehead atoms. The van der Waals surface area contributed by atoms with Gasteiger partial charge in [-0.1, -0.05) is 24.3 Å². The zero-order chi connectivity index (χ0) is 20.0. The number of carbonyl (C=O) groups is 1. The molecule has 3 aromatic rings. The summed E-state index contributed by atoms with van der Waals surface area (Å²) in [4.78, 5) is 14.9. The summed E-state index contributed by atoms with van der Waals surface area (Å²) in [5.74, 6) is -0.0596. The van der Waals surface area contributed by atoms with Gasteiger partial charge in [0, 0.05) is 48.4 Å². The standard InChI is InChI=1S/C24H24FN3O/c1-27-23(21-13-10-16-5-2-3-7-20(16)22(21)26-27)18-6-4-14-28(15-18)24(29)17-8-11-19(25)12-9-17/h2-3,5,7-9,11-12,18H,4,6,10,13-15H2,1H3. The molecule has 1 saturated heterocycles. The average molecular weight is 389 g/mol. The minimum atomic E-state index is -0.320. The van der Waals surface area contributed by atoms with Crippen molar-refractivity contribution in [1.29, 1.82) is 0 Å². The van der Waals surface area contributed by atoms with Gasteiger partial charge in [0.05, 0.1) is 5.69 Å². The highest BCUT2D eigenvalue weighted by Crippen LogP contribution is 2.39. The second-order valence-electron chi connectivity index (χ2n) is 8.09. The number of aryl methyl sites for hydroxylation is 2. The minimum Gasteiger partial charge on any atom is -0.338 e. The van der Waals surface area contributed by atoms with Crippen molar-refractivity contribution in [1.82, 2.24) is 14.7 Å². The zero-order valence-electron chi connectivity index (χ0n) is 16.6. The van der Waals surface area contributed by atoms with E-state index in [1.165, 1.54) is 34.5 Å². The van der Waals surface area contributed by atoms with Crippen LogP contribution in [0.5, 0.6) is 0 Å². The van der Waals surface area contributed by atoms with Crippen LogP contribution in [0.3, 0.4) is 0 Å². The molecule has 148 valence electrons. The van der Waals surface area contributed by atoms with Crippen LogP contribution in [0.2, 0.25) is 0 Å². The molecule has 0 spiro atoms. The Bertz CT molecular complexity index is 1070. The summed E-state index contributed by atoms with van der Waals surface area (Å²) in [5.41, 5.74) is 6.87.